The molecule has 0 bridgehead atoms. The number of carbonyl (C=O) groups is 1. The molecule has 138 valence electrons. The molecule has 3 aromatic rings. The van der Waals surface area contributed by atoms with Crippen molar-refractivity contribution in [3.8, 4) is 0 Å². The topological polar surface area (TPSA) is 103 Å². The zero-order valence-electron chi connectivity index (χ0n) is 15.0. The Morgan fingerprint density at radius 1 is 1.22 bits per heavy atom. The van der Waals surface area contributed by atoms with Gasteiger partial charge < -0.3 is 9.88 Å². The van der Waals surface area contributed by atoms with Crippen LogP contribution in [0.5, 0.6) is 0 Å². The third-order valence-electron chi connectivity index (χ3n) is 3.92. The lowest BCUT2D eigenvalue weighted by Gasteiger charge is -2.10. The number of hydrogen-bond acceptors (Lipinski definition) is 6. The second-order valence-electron chi connectivity index (χ2n) is 6.04. The number of hydrogen-bond donors (Lipinski definition) is 1. The van der Waals surface area contributed by atoms with E-state index in [-0.39, 0.29) is 11.3 Å². The Morgan fingerprint density at radius 3 is 2.63 bits per heavy atom. The van der Waals surface area contributed by atoms with E-state index in [1.54, 1.807) is 23.7 Å². The van der Waals surface area contributed by atoms with Crippen LogP contribution in [-0.4, -0.2) is 25.6 Å². The van der Waals surface area contributed by atoms with Gasteiger partial charge in [0.2, 0.25) is 0 Å². The highest BCUT2D eigenvalue weighted by Crippen LogP contribution is 2.34. The summed E-state index contributed by atoms with van der Waals surface area (Å²) in [5.74, 6) is -0.403. The monoisotopic (exact) mass is 383 g/mol. The summed E-state index contributed by atoms with van der Waals surface area (Å²) < 4.78 is 1.66. The first-order chi connectivity index (χ1) is 12.8. The average Bonchev–Trinajstić information content (AvgIpc) is 3.02. The van der Waals surface area contributed by atoms with Crippen molar-refractivity contribution in [1.82, 2.24) is 14.8 Å². The minimum absolute atomic E-state index is 0.156. The summed E-state index contributed by atoms with van der Waals surface area (Å²) in [6.07, 6.45) is 1.51. The molecule has 0 spiro atoms. The molecule has 2 aromatic carbocycles. The number of nitro benzene ring substituents is 1. The highest BCUT2D eigenvalue weighted by Gasteiger charge is 2.20. The molecule has 0 aliphatic carbocycles. The van der Waals surface area contributed by atoms with Gasteiger partial charge >= 0.3 is 0 Å². The van der Waals surface area contributed by atoms with Crippen LogP contribution in [-0.2, 0) is 7.05 Å². The van der Waals surface area contributed by atoms with E-state index in [0.29, 0.717) is 15.7 Å². The Hall–Kier alpha value is -3.20. The van der Waals surface area contributed by atoms with Crippen LogP contribution in [0.15, 0.2) is 52.8 Å². The molecule has 9 heteroatoms. The van der Waals surface area contributed by atoms with Gasteiger partial charge in [0.15, 0.2) is 5.16 Å². The second-order valence-corrected chi connectivity index (χ2v) is 7.05. The summed E-state index contributed by atoms with van der Waals surface area (Å²) in [5, 5.41) is 22.5. The summed E-state index contributed by atoms with van der Waals surface area (Å²) in [5.41, 5.74) is 2.74. The molecule has 1 N–H and O–H groups in total. The van der Waals surface area contributed by atoms with E-state index >= 15 is 0 Å². The Morgan fingerprint density at radius 2 is 2.00 bits per heavy atom. The van der Waals surface area contributed by atoms with E-state index in [1.165, 1.54) is 12.4 Å². The molecule has 0 radical (unpaired) electrons. The molecule has 0 saturated carbocycles. The molecule has 0 aliphatic rings. The maximum atomic E-state index is 12.5. The molecule has 0 saturated heterocycles. The van der Waals surface area contributed by atoms with Crippen LogP contribution >= 0.6 is 11.8 Å². The van der Waals surface area contributed by atoms with E-state index in [0.717, 1.165) is 22.9 Å². The number of rotatable bonds is 5. The van der Waals surface area contributed by atoms with Gasteiger partial charge in [0.25, 0.3) is 11.6 Å². The zero-order valence-corrected chi connectivity index (χ0v) is 15.8. The molecule has 8 nitrogen and oxygen atoms in total. The lowest BCUT2D eigenvalue weighted by atomic mass is 10.1. The summed E-state index contributed by atoms with van der Waals surface area (Å²) in [6, 6.07) is 10.1. The lowest BCUT2D eigenvalue weighted by molar-refractivity contribution is -0.387. The van der Waals surface area contributed by atoms with Crippen LogP contribution < -0.4 is 5.32 Å². The number of nitrogens with one attached hydrogen (secondary N) is 1. The molecule has 1 aromatic heterocycles. The van der Waals surface area contributed by atoms with Crippen molar-refractivity contribution in [2.45, 2.75) is 23.9 Å². The number of benzene rings is 2. The summed E-state index contributed by atoms with van der Waals surface area (Å²) in [7, 11) is 1.75. The fraction of sp³-hybridized carbons (Fsp3) is 0.167. The lowest BCUT2D eigenvalue weighted by Crippen LogP contribution is -2.13. The number of aryl methyl sites for hydroxylation is 3. The fourth-order valence-corrected chi connectivity index (χ4v) is 3.35. The number of nitro groups is 1. The average molecular weight is 383 g/mol. The third kappa shape index (κ3) is 4.14. The third-order valence-corrected chi connectivity index (χ3v) is 5.04. The van der Waals surface area contributed by atoms with Crippen molar-refractivity contribution >= 4 is 29.0 Å². The molecule has 0 unspecified atom stereocenters. The Kier molecular flexibility index (Phi) is 5.22. The molecule has 27 heavy (non-hydrogen) atoms. The molecule has 1 amide bonds. The number of carbonyl (C=O) groups excluding carboxylic acids is 1. The minimum Gasteiger partial charge on any atom is -0.322 e. The number of anilines is 1. The molecule has 1 heterocycles. The normalized spacial score (nSPS) is 10.6. The van der Waals surface area contributed by atoms with Gasteiger partial charge in [-0.1, -0.05) is 17.7 Å². The van der Waals surface area contributed by atoms with Crippen molar-refractivity contribution in [2.75, 3.05) is 5.32 Å². The van der Waals surface area contributed by atoms with Crippen LogP contribution in [0.25, 0.3) is 0 Å². The highest BCUT2D eigenvalue weighted by molar-refractivity contribution is 7.99. The van der Waals surface area contributed by atoms with Crippen LogP contribution in [0, 0.1) is 24.0 Å². The van der Waals surface area contributed by atoms with Gasteiger partial charge in [-0.25, -0.2) is 0 Å². The van der Waals surface area contributed by atoms with Crippen LogP contribution in [0.4, 0.5) is 11.4 Å². The quantitative estimate of drug-likeness (QED) is 0.532. The molecule has 0 atom stereocenters. The van der Waals surface area contributed by atoms with E-state index in [1.807, 2.05) is 32.0 Å². The van der Waals surface area contributed by atoms with E-state index in [4.69, 9.17) is 0 Å². The Bertz CT molecular complexity index is 1030. The van der Waals surface area contributed by atoms with Gasteiger partial charge in [0.1, 0.15) is 6.33 Å². The van der Waals surface area contributed by atoms with Gasteiger partial charge in [0, 0.05) is 24.4 Å². The fourth-order valence-electron chi connectivity index (χ4n) is 2.50. The molecule has 0 aliphatic heterocycles. The highest BCUT2D eigenvalue weighted by atomic mass is 32.2. The van der Waals surface area contributed by atoms with Crippen LogP contribution in [0.3, 0.4) is 0 Å². The molecule has 3 rings (SSSR count). The molecular formula is C18H17N5O3S. The number of aromatic nitrogens is 3. The number of amides is 1. The van der Waals surface area contributed by atoms with Gasteiger partial charge in [-0.2, -0.15) is 0 Å². The first-order valence-corrected chi connectivity index (χ1v) is 8.85. The molecule has 0 fully saturated rings. The smallest absolute Gasteiger partial charge is 0.284 e. The van der Waals surface area contributed by atoms with Gasteiger partial charge in [0.05, 0.1) is 9.82 Å². The SMILES string of the molecule is Cc1ccc(NC(=O)c2ccc(Sc3nncn3C)c([N+](=O)[O-])c2)c(C)c1. The second kappa shape index (κ2) is 7.58. The van der Waals surface area contributed by atoms with E-state index < -0.39 is 10.8 Å². The van der Waals surface area contributed by atoms with Gasteiger partial charge in [-0.05, 0) is 49.4 Å². The maximum Gasteiger partial charge on any atom is 0.284 e. The number of nitrogens with zero attached hydrogens (tertiary/aromatic N) is 4. The predicted octanol–water partition coefficient (Wildman–Crippen LogP) is 3.74. The zero-order chi connectivity index (χ0) is 19.6. The first-order valence-electron chi connectivity index (χ1n) is 8.04. The van der Waals surface area contributed by atoms with Gasteiger partial charge in [-0.3, -0.25) is 14.9 Å². The standard InChI is InChI=1S/C18H17N5O3S/c1-11-4-6-14(12(2)8-11)20-17(24)13-5-7-16(15(9-13)23(25)26)27-18-21-19-10-22(18)3/h4-10H,1-3H3,(H,20,24). The van der Waals surface area contributed by atoms with Crippen LogP contribution in [0.2, 0.25) is 0 Å². The van der Waals surface area contributed by atoms with E-state index in [9.17, 15) is 14.9 Å². The van der Waals surface area contributed by atoms with Gasteiger partial charge in [-0.15, -0.1) is 10.2 Å². The van der Waals surface area contributed by atoms with E-state index in [2.05, 4.69) is 15.5 Å². The largest absolute Gasteiger partial charge is 0.322 e. The van der Waals surface area contributed by atoms with Crippen molar-refractivity contribution in [3.05, 3.63) is 69.5 Å². The molecular weight excluding hydrogens is 366 g/mol. The Labute approximate surface area is 159 Å². The summed E-state index contributed by atoms with van der Waals surface area (Å²) in [4.78, 5) is 23.9. The summed E-state index contributed by atoms with van der Waals surface area (Å²) >= 11 is 1.12. The van der Waals surface area contributed by atoms with Crippen molar-refractivity contribution in [2.24, 2.45) is 7.05 Å². The first kappa shape index (κ1) is 18.6. The Balaban J connectivity index is 1.88. The van der Waals surface area contributed by atoms with Crippen molar-refractivity contribution < 1.29 is 9.72 Å². The predicted molar refractivity (Wildman–Crippen MR) is 102 cm³/mol. The minimum atomic E-state index is -0.507. The summed E-state index contributed by atoms with van der Waals surface area (Å²) in [6.45, 7) is 3.86. The van der Waals surface area contributed by atoms with Crippen LogP contribution in [0.1, 0.15) is 21.5 Å². The van der Waals surface area contributed by atoms with Crippen molar-refractivity contribution in [1.29, 1.82) is 0 Å². The van der Waals surface area contributed by atoms with Crippen molar-refractivity contribution in [3.63, 3.8) is 0 Å². The maximum absolute atomic E-state index is 12.5.